The van der Waals surface area contributed by atoms with Gasteiger partial charge in [0.25, 0.3) is 5.91 Å². The first-order valence-electron chi connectivity index (χ1n) is 5.19. The maximum absolute atomic E-state index is 11.8. The Hall–Kier alpha value is -0.870. The summed E-state index contributed by atoms with van der Waals surface area (Å²) >= 11 is 3.35. The molecular formula is C12H17BrN2O. The van der Waals surface area contributed by atoms with Crippen molar-refractivity contribution in [3.63, 3.8) is 0 Å². The third kappa shape index (κ3) is 3.61. The first kappa shape index (κ1) is 13.2. The number of hydrogen-bond acceptors (Lipinski definition) is 2. The Kier molecular flexibility index (Phi) is 4.50. The van der Waals surface area contributed by atoms with Crippen LogP contribution in [-0.4, -0.2) is 19.0 Å². The molecule has 0 aromatic heterocycles. The number of nitrogens with two attached hydrogens (primary N) is 1. The molecule has 0 fully saturated rings. The molecule has 1 rings (SSSR count). The maximum Gasteiger partial charge on any atom is 0.252 e. The molecule has 4 heteroatoms. The van der Waals surface area contributed by atoms with Gasteiger partial charge in [-0.1, -0.05) is 26.0 Å². The molecule has 88 valence electrons. The molecule has 0 aliphatic heterocycles. The maximum atomic E-state index is 11.8. The minimum atomic E-state index is -0.0750. The summed E-state index contributed by atoms with van der Waals surface area (Å²) in [4.78, 5) is 11.8. The van der Waals surface area contributed by atoms with Crippen LogP contribution in [0.2, 0.25) is 0 Å². The predicted molar refractivity (Wildman–Crippen MR) is 69.3 cm³/mol. The Morgan fingerprint density at radius 3 is 2.62 bits per heavy atom. The number of carbonyl (C=O) groups is 1. The molecule has 1 aromatic rings. The van der Waals surface area contributed by atoms with Gasteiger partial charge in [-0.15, -0.1) is 0 Å². The van der Waals surface area contributed by atoms with E-state index in [1.807, 2.05) is 32.0 Å². The normalized spacial score (nSPS) is 11.2. The fourth-order valence-electron chi connectivity index (χ4n) is 1.13. The van der Waals surface area contributed by atoms with E-state index in [2.05, 4.69) is 21.2 Å². The Morgan fingerprint density at radius 2 is 2.06 bits per heavy atom. The molecule has 0 saturated heterocycles. The molecule has 3 nitrogen and oxygen atoms in total. The first-order valence-corrected chi connectivity index (χ1v) is 5.98. The van der Waals surface area contributed by atoms with Crippen molar-refractivity contribution >= 4 is 21.8 Å². The van der Waals surface area contributed by atoms with Gasteiger partial charge >= 0.3 is 0 Å². The van der Waals surface area contributed by atoms with E-state index in [0.717, 1.165) is 4.47 Å². The molecule has 0 saturated carbocycles. The molecule has 0 spiro atoms. The molecule has 0 bridgehead atoms. The van der Waals surface area contributed by atoms with Crippen LogP contribution in [0, 0.1) is 5.41 Å². The van der Waals surface area contributed by atoms with Gasteiger partial charge in [0.2, 0.25) is 0 Å². The minimum absolute atomic E-state index is 0.0725. The second-order valence-electron chi connectivity index (χ2n) is 4.53. The van der Waals surface area contributed by atoms with E-state index >= 15 is 0 Å². The lowest BCUT2D eigenvalue weighted by molar-refractivity contribution is 0.0937. The second kappa shape index (κ2) is 5.46. The van der Waals surface area contributed by atoms with E-state index < -0.39 is 0 Å². The van der Waals surface area contributed by atoms with Gasteiger partial charge in [0.15, 0.2) is 0 Å². The highest BCUT2D eigenvalue weighted by atomic mass is 79.9. The summed E-state index contributed by atoms with van der Waals surface area (Å²) in [6.07, 6.45) is 0. The zero-order chi connectivity index (χ0) is 12.2. The summed E-state index contributed by atoms with van der Waals surface area (Å²) in [5.41, 5.74) is 6.18. The van der Waals surface area contributed by atoms with Gasteiger partial charge in [-0.2, -0.15) is 0 Å². The monoisotopic (exact) mass is 284 g/mol. The van der Waals surface area contributed by atoms with Crippen LogP contribution in [0.5, 0.6) is 0 Å². The quantitative estimate of drug-likeness (QED) is 0.890. The highest BCUT2D eigenvalue weighted by Crippen LogP contribution is 2.16. The van der Waals surface area contributed by atoms with Gasteiger partial charge in [-0.3, -0.25) is 4.79 Å². The first-order chi connectivity index (χ1) is 7.46. The minimum Gasteiger partial charge on any atom is -0.351 e. The third-order valence-electron chi connectivity index (χ3n) is 2.40. The topological polar surface area (TPSA) is 55.1 Å². The number of benzene rings is 1. The van der Waals surface area contributed by atoms with E-state index in [1.54, 1.807) is 6.07 Å². The lowest BCUT2D eigenvalue weighted by Gasteiger charge is -2.22. The number of hydrogen-bond donors (Lipinski definition) is 2. The van der Waals surface area contributed by atoms with Crippen molar-refractivity contribution < 1.29 is 4.79 Å². The second-order valence-corrected chi connectivity index (χ2v) is 5.39. The molecule has 0 unspecified atom stereocenters. The summed E-state index contributed by atoms with van der Waals surface area (Å²) in [5.74, 6) is -0.0750. The highest BCUT2D eigenvalue weighted by Gasteiger charge is 2.17. The number of amides is 1. The van der Waals surface area contributed by atoms with Crippen LogP contribution in [0.3, 0.4) is 0 Å². The molecule has 0 aliphatic carbocycles. The van der Waals surface area contributed by atoms with Crippen molar-refractivity contribution in [2.45, 2.75) is 13.8 Å². The molecule has 0 heterocycles. The van der Waals surface area contributed by atoms with Crippen LogP contribution in [0.1, 0.15) is 24.2 Å². The molecule has 16 heavy (non-hydrogen) atoms. The smallest absolute Gasteiger partial charge is 0.252 e. The van der Waals surface area contributed by atoms with Crippen molar-refractivity contribution in [2.75, 3.05) is 13.1 Å². The van der Waals surface area contributed by atoms with Gasteiger partial charge in [0.1, 0.15) is 0 Å². The predicted octanol–water partition coefficient (Wildman–Crippen LogP) is 2.16. The van der Waals surface area contributed by atoms with Crippen molar-refractivity contribution in [1.29, 1.82) is 0 Å². The Bertz CT molecular complexity index is 377. The van der Waals surface area contributed by atoms with Gasteiger partial charge < -0.3 is 11.1 Å². The average Bonchev–Trinajstić information content (AvgIpc) is 2.27. The fraction of sp³-hybridized carbons (Fsp3) is 0.417. The average molecular weight is 285 g/mol. The summed E-state index contributed by atoms with van der Waals surface area (Å²) in [6, 6.07) is 7.36. The van der Waals surface area contributed by atoms with Gasteiger partial charge in [0, 0.05) is 11.0 Å². The lowest BCUT2D eigenvalue weighted by Crippen LogP contribution is -2.38. The molecule has 0 radical (unpaired) electrons. The summed E-state index contributed by atoms with van der Waals surface area (Å²) in [5, 5.41) is 2.88. The zero-order valence-corrected chi connectivity index (χ0v) is 11.2. The van der Waals surface area contributed by atoms with E-state index in [4.69, 9.17) is 5.73 Å². The molecule has 1 amide bonds. The molecular weight excluding hydrogens is 268 g/mol. The molecule has 0 atom stereocenters. The summed E-state index contributed by atoms with van der Waals surface area (Å²) < 4.78 is 0.804. The van der Waals surface area contributed by atoms with Crippen molar-refractivity contribution in [3.8, 4) is 0 Å². The van der Waals surface area contributed by atoms with Crippen LogP contribution in [0.4, 0.5) is 0 Å². The summed E-state index contributed by atoms with van der Waals surface area (Å²) in [7, 11) is 0. The Balaban J connectivity index is 2.64. The van der Waals surface area contributed by atoms with Crippen LogP contribution >= 0.6 is 15.9 Å². The van der Waals surface area contributed by atoms with Crippen molar-refractivity contribution in [3.05, 3.63) is 34.3 Å². The number of rotatable bonds is 4. The standard InChI is InChI=1S/C12H17BrN2O/c1-12(2,7-14)8-15-11(16)9-5-3-4-6-10(9)13/h3-6H,7-8,14H2,1-2H3,(H,15,16). The summed E-state index contributed by atoms with van der Waals surface area (Å²) in [6.45, 7) is 5.16. The van der Waals surface area contributed by atoms with Crippen LogP contribution < -0.4 is 11.1 Å². The van der Waals surface area contributed by atoms with E-state index in [0.29, 0.717) is 18.7 Å². The van der Waals surface area contributed by atoms with Crippen molar-refractivity contribution in [1.82, 2.24) is 5.32 Å². The van der Waals surface area contributed by atoms with Crippen molar-refractivity contribution in [2.24, 2.45) is 11.1 Å². The molecule has 3 N–H and O–H groups in total. The lowest BCUT2D eigenvalue weighted by atomic mass is 9.94. The van der Waals surface area contributed by atoms with E-state index in [1.165, 1.54) is 0 Å². The molecule has 1 aromatic carbocycles. The number of halogens is 1. The van der Waals surface area contributed by atoms with E-state index in [-0.39, 0.29) is 11.3 Å². The SMILES string of the molecule is CC(C)(CN)CNC(=O)c1ccccc1Br. The van der Waals surface area contributed by atoms with E-state index in [9.17, 15) is 4.79 Å². The Morgan fingerprint density at radius 1 is 1.44 bits per heavy atom. The fourth-order valence-corrected chi connectivity index (χ4v) is 1.60. The van der Waals surface area contributed by atoms with Gasteiger partial charge in [-0.25, -0.2) is 0 Å². The number of nitrogens with one attached hydrogen (secondary N) is 1. The number of carbonyl (C=O) groups excluding carboxylic acids is 1. The van der Waals surface area contributed by atoms with Crippen LogP contribution in [0.25, 0.3) is 0 Å². The van der Waals surface area contributed by atoms with Gasteiger partial charge in [-0.05, 0) is 40.0 Å². The van der Waals surface area contributed by atoms with Crippen LogP contribution in [0.15, 0.2) is 28.7 Å². The van der Waals surface area contributed by atoms with Gasteiger partial charge in [0.05, 0.1) is 5.56 Å². The van der Waals surface area contributed by atoms with Crippen LogP contribution in [-0.2, 0) is 0 Å². The largest absolute Gasteiger partial charge is 0.351 e. The highest BCUT2D eigenvalue weighted by molar-refractivity contribution is 9.10. The zero-order valence-electron chi connectivity index (χ0n) is 9.59. The Labute approximate surface area is 105 Å². The molecule has 0 aliphatic rings. The third-order valence-corrected chi connectivity index (χ3v) is 3.09.